The second-order valence-electron chi connectivity index (χ2n) is 8.20. The highest BCUT2D eigenvalue weighted by atomic mass is 32.3. The molecule has 3 heterocycles. The van der Waals surface area contributed by atoms with Crippen LogP contribution in [0.15, 0.2) is 4.42 Å². The summed E-state index contributed by atoms with van der Waals surface area (Å²) >= 11 is 0. The average molecular weight is 399 g/mol. The summed E-state index contributed by atoms with van der Waals surface area (Å²) in [6, 6.07) is -1.20. The van der Waals surface area contributed by atoms with Crippen molar-refractivity contribution in [2.24, 2.45) is 17.1 Å². The number of piperidine rings is 1. The van der Waals surface area contributed by atoms with E-state index in [0.29, 0.717) is 37.1 Å². The van der Waals surface area contributed by atoms with Gasteiger partial charge in [-0.25, -0.2) is 4.79 Å². The molecule has 1 aromatic heterocycles. The maximum absolute atomic E-state index is 12.7. The van der Waals surface area contributed by atoms with E-state index in [1.165, 1.54) is 4.90 Å². The Kier molecular flexibility index (Phi) is 3.61. The molecule has 3 N–H and O–H groups in total. The number of amides is 2. The molecule has 2 saturated heterocycles. The van der Waals surface area contributed by atoms with Gasteiger partial charge in [0.05, 0.1) is 6.04 Å². The molecule has 0 unspecified atom stereocenters. The van der Waals surface area contributed by atoms with Crippen molar-refractivity contribution in [3.05, 3.63) is 11.8 Å². The Hall–Kier alpha value is -1.76. The minimum Gasteiger partial charge on any atom is -0.423 e. The van der Waals surface area contributed by atoms with Crippen molar-refractivity contribution < 1.29 is 26.5 Å². The lowest BCUT2D eigenvalue weighted by molar-refractivity contribution is -0.0530. The molecule has 2 aliphatic carbocycles. The van der Waals surface area contributed by atoms with Gasteiger partial charge in [-0.2, -0.15) is 13.5 Å². The molecular formula is C15H21N5O6S. The number of aromatic nitrogens is 2. The van der Waals surface area contributed by atoms with Gasteiger partial charge >= 0.3 is 16.4 Å². The first-order valence-corrected chi connectivity index (χ1v) is 10.5. The maximum atomic E-state index is 12.7. The molecular weight excluding hydrogens is 378 g/mol. The zero-order valence-electron chi connectivity index (χ0n) is 14.5. The number of nitrogens with zero attached hydrogens (tertiary/aromatic N) is 4. The third-order valence-corrected chi connectivity index (χ3v) is 6.69. The van der Waals surface area contributed by atoms with Crippen LogP contribution < -0.4 is 5.73 Å². The Labute approximate surface area is 155 Å². The number of nitrogens with two attached hydrogens (primary N) is 1. The van der Waals surface area contributed by atoms with Crippen LogP contribution in [0.1, 0.15) is 49.9 Å². The highest BCUT2D eigenvalue weighted by Gasteiger charge is 2.64. The molecule has 11 nitrogen and oxygen atoms in total. The normalized spacial score (nSPS) is 34.2. The monoisotopic (exact) mass is 399 g/mol. The lowest BCUT2D eigenvalue weighted by Gasteiger charge is -2.34. The van der Waals surface area contributed by atoms with Gasteiger partial charge in [0, 0.05) is 19.0 Å². The average Bonchev–Trinajstić information content (AvgIpc) is 3.06. The second-order valence-corrected chi connectivity index (χ2v) is 9.20. The van der Waals surface area contributed by atoms with Crippen molar-refractivity contribution in [1.29, 1.82) is 0 Å². The van der Waals surface area contributed by atoms with E-state index in [-0.39, 0.29) is 11.5 Å². The smallest absolute Gasteiger partial charge is 0.418 e. The Morgan fingerprint density at radius 2 is 2.07 bits per heavy atom. The highest BCUT2D eigenvalue weighted by Crippen LogP contribution is 2.61. The molecule has 4 aliphatic rings. The Balaban J connectivity index is 1.37. The molecule has 1 aromatic rings. The third kappa shape index (κ3) is 2.91. The van der Waals surface area contributed by atoms with Crippen molar-refractivity contribution in [2.75, 3.05) is 6.54 Å². The number of hydrogen-bond donors (Lipinski definition) is 2. The standard InChI is InChI=1S/C15H21N5O6S/c16-9-3-8(4-9)5-12-17-18-13(25-12)10-6-15(1-2-15)11-7-19(10)14(21)20(11)26-27(22,23)24/h8-11H,1-7,16H2,(H,22,23,24)/t8?,9?,10-,11+/m0/s1. The molecule has 5 rings (SSSR count). The second kappa shape index (κ2) is 5.63. The highest BCUT2D eigenvalue weighted by molar-refractivity contribution is 7.80. The van der Waals surface area contributed by atoms with Crippen LogP contribution >= 0.6 is 0 Å². The summed E-state index contributed by atoms with van der Waals surface area (Å²) in [4.78, 5) is 14.2. The molecule has 2 saturated carbocycles. The van der Waals surface area contributed by atoms with E-state index in [0.717, 1.165) is 30.7 Å². The van der Waals surface area contributed by atoms with Crippen LogP contribution in [0.3, 0.4) is 0 Å². The lowest BCUT2D eigenvalue weighted by atomic mass is 9.79. The van der Waals surface area contributed by atoms with Crippen LogP contribution in [0, 0.1) is 11.3 Å². The first kappa shape index (κ1) is 17.3. The SMILES string of the molecule is NC1CC(Cc2nnc([C@@H]3CC4(CC4)[C@H]4CN3C(=O)N4OS(=O)(=O)O)o2)C1. The molecule has 2 atom stereocenters. The van der Waals surface area contributed by atoms with Crippen LogP contribution in [-0.2, 0) is 21.1 Å². The minimum atomic E-state index is -4.78. The molecule has 2 amide bonds. The fourth-order valence-corrected chi connectivity index (χ4v) is 5.09. The van der Waals surface area contributed by atoms with Crippen molar-refractivity contribution in [2.45, 2.75) is 56.7 Å². The molecule has 0 aromatic carbocycles. The van der Waals surface area contributed by atoms with E-state index >= 15 is 0 Å². The topological polar surface area (TPSA) is 152 Å². The van der Waals surface area contributed by atoms with Gasteiger partial charge in [-0.1, -0.05) is 0 Å². The van der Waals surface area contributed by atoms with Crippen LogP contribution in [0.2, 0.25) is 0 Å². The largest absolute Gasteiger partial charge is 0.423 e. The zero-order valence-corrected chi connectivity index (χ0v) is 15.3. The first-order valence-electron chi connectivity index (χ1n) is 9.09. The molecule has 0 radical (unpaired) electrons. The van der Waals surface area contributed by atoms with Gasteiger partial charge in [0.15, 0.2) is 0 Å². The van der Waals surface area contributed by atoms with E-state index in [9.17, 15) is 13.2 Å². The Morgan fingerprint density at radius 1 is 1.33 bits per heavy atom. The summed E-state index contributed by atoms with van der Waals surface area (Å²) in [5.74, 6) is 1.35. The quantitative estimate of drug-likeness (QED) is 0.671. The summed E-state index contributed by atoms with van der Waals surface area (Å²) in [5, 5.41) is 9.05. The Bertz CT molecular complexity index is 877. The van der Waals surface area contributed by atoms with E-state index in [2.05, 4.69) is 14.5 Å². The van der Waals surface area contributed by atoms with Gasteiger partial charge in [0.25, 0.3) is 0 Å². The summed E-state index contributed by atoms with van der Waals surface area (Å²) in [6.45, 7) is 0.300. The molecule has 4 fully saturated rings. The van der Waals surface area contributed by atoms with E-state index < -0.39 is 28.5 Å². The van der Waals surface area contributed by atoms with Crippen molar-refractivity contribution in [3.8, 4) is 0 Å². The number of rotatable bonds is 5. The van der Waals surface area contributed by atoms with E-state index in [1.807, 2.05) is 0 Å². The lowest BCUT2D eigenvalue weighted by Crippen LogP contribution is -2.43. The number of carbonyl (C=O) groups is 1. The molecule has 148 valence electrons. The van der Waals surface area contributed by atoms with Crippen molar-refractivity contribution in [1.82, 2.24) is 20.2 Å². The molecule has 2 aliphatic heterocycles. The molecule has 27 heavy (non-hydrogen) atoms. The number of carbonyl (C=O) groups excluding carboxylic acids is 1. The number of fused-ring (bicyclic) bond motifs is 3. The van der Waals surface area contributed by atoms with Gasteiger partial charge in [-0.3, -0.25) is 4.55 Å². The molecule has 2 bridgehead atoms. The van der Waals surface area contributed by atoms with Crippen LogP contribution in [0.4, 0.5) is 4.79 Å². The minimum absolute atomic E-state index is 0.243. The van der Waals surface area contributed by atoms with Crippen molar-refractivity contribution >= 4 is 16.4 Å². The predicted molar refractivity (Wildman–Crippen MR) is 88.1 cm³/mol. The fourth-order valence-electron chi connectivity index (χ4n) is 4.72. The molecule has 1 spiro atoms. The number of hydroxylamine groups is 2. The summed E-state index contributed by atoms with van der Waals surface area (Å²) in [6.07, 6.45) is 4.86. The van der Waals surface area contributed by atoms with Gasteiger partial charge in [0.1, 0.15) is 6.04 Å². The third-order valence-electron chi connectivity index (χ3n) is 6.34. The zero-order chi connectivity index (χ0) is 19.0. The summed E-state index contributed by atoms with van der Waals surface area (Å²) in [7, 11) is -4.78. The first-order chi connectivity index (χ1) is 12.7. The summed E-state index contributed by atoms with van der Waals surface area (Å²) < 4.78 is 41.7. The van der Waals surface area contributed by atoms with Crippen LogP contribution in [-0.4, -0.2) is 57.8 Å². The van der Waals surface area contributed by atoms with Gasteiger partial charge in [0.2, 0.25) is 11.8 Å². The van der Waals surface area contributed by atoms with E-state index in [1.54, 1.807) is 0 Å². The fraction of sp³-hybridized carbons (Fsp3) is 0.800. The van der Waals surface area contributed by atoms with Gasteiger partial charge in [-0.15, -0.1) is 14.5 Å². The van der Waals surface area contributed by atoms with E-state index in [4.69, 9.17) is 14.7 Å². The number of hydrogen-bond acceptors (Lipinski definition) is 8. The van der Waals surface area contributed by atoms with Crippen LogP contribution in [0.5, 0.6) is 0 Å². The maximum Gasteiger partial charge on any atom is 0.418 e. The number of urea groups is 1. The predicted octanol–water partition coefficient (Wildman–Crippen LogP) is 0.415. The molecule has 12 heteroatoms. The van der Waals surface area contributed by atoms with Crippen LogP contribution in [0.25, 0.3) is 0 Å². The van der Waals surface area contributed by atoms with Gasteiger partial charge in [-0.05, 0) is 43.4 Å². The summed E-state index contributed by atoms with van der Waals surface area (Å²) in [5.41, 5.74) is 5.56. The van der Waals surface area contributed by atoms with Gasteiger partial charge < -0.3 is 15.1 Å². The van der Waals surface area contributed by atoms with Crippen molar-refractivity contribution in [3.63, 3.8) is 0 Å². The Morgan fingerprint density at radius 3 is 2.70 bits per heavy atom.